The van der Waals surface area contributed by atoms with Crippen molar-refractivity contribution in [2.24, 2.45) is 0 Å². The van der Waals surface area contributed by atoms with Crippen LogP contribution in [0.2, 0.25) is 0 Å². The number of ether oxygens (including phenoxy) is 2. The average molecular weight is 284 g/mol. The van der Waals surface area contributed by atoms with Crippen LogP contribution in [0.3, 0.4) is 0 Å². The van der Waals surface area contributed by atoms with Gasteiger partial charge in [-0.25, -0.2) is 0 Å². The van der Waals surface area contributed by atoms with Crippen LogP contribution in [0.5, 0.6) is 0 Å². The second-order valence-corrected chi connectivity index (χ2v) is 4.66. The molecule has 1 aromatic heterocycles. The Hall–Kier alpha value is 0.390. The molecule has 0 N–H and O–H groups in total. The Bertz CT molecular complexity index is 291. The van der Waals surface area contributed by atoms with Gasteiger partial charge in [0.25, 0.3) is 0 Å². The molecule has 1 aliphatic rings. The van der Waals surface area contributed by atoms with Crippen molar-refractivity contribution in [2.45, 2.75) is 12.4 Å². The summed E-state index contributed by atoms with van der Waals surface area (Å²) in [6, 6.07) is 0. The normalized spacial score (nSPS) is 28.2. The zero-order valence-corrected chi connectivity index (χ0v) is 9.86. The Morgan fingerprint density at radius 2 is 2.46 bits per heavy atom. The zero-order valence-electron chi connectivity index (χ0n) is 6.70. The molecule has 2 rings (SSSR count). The van der Waals surface area contributed by atoms with Gasteiger partial charge in [-0.3, -0.25) is 0 Å². The van der Waals surface area contributed by atoms with Crippen molar-refractivity contribution in [1.29, 1.82) is 0 Å². The molecular weight excluding hydrogens is 276 g/mol. The highest BCUT2D eigenvalue weighted by atomic mass is 79.9. The molecule has 2 heterocycles. The number of alkyl halides is 1. The van der Waals surface area contributed by atoms with Gasteiger partial charge in [0.1, 0.15) is 0 Å². The lowest BCUT2D eigenvalue weighted by molar-refractivity contribution is -0.0569. The lowest BCUT2D eigenvalue weighted by atomic mass is 10.3. The van der Waals surface area contributed by atoms with Gasteiger partial charge >= 0.3 is 0 Å². The van der Waals surface area contributed by atoms with Crippen LogP contribution in [0.25, 0.3) is 0 Å². The number of thiophene rings is 1. The first-order chi connectivity index (χ1) is 6.31. The molecule has 1 saturated heterocycles. The second kappa shape index (κ2) is 4.28. The standard InChI is InChI=1S/C8H8BrClO2S/c9-7-4-13-3-6(7)8-11-2-5(1-10)12-8/h3-5,8H,1-2H2. The number of rotatable bonds is 2. The van der Waals surface area contributed by atoms with E-state index in [1.54, 1.807) is 11.3 Å². The van der Waals surface area contributed by atoms with Gasteiger partial charge in [0.2, 0.25) is 0 Å². The summed E-state index contributed by atoms with van der Waals surface area (Å²) in [6.45, 7) is 0.580. The van der Waals surface area contributed by atoms with Gasteiger partial charge in [-0.1, -0.05) is 0 Å². The topological polar surface area (TPSA) is 18.5 Å². The van der Waals surface area contributed by atoms with E-state index in [1.807, 2.05) is 10.8 Å². The van der Waals surface area contributed by atoms with Crippen molar-refractivity contribution in [2.75, 3.05) is 12.5 Å². The fourth-order valence-electron chi connectivity index (χ4n) is 1.15. The van der Waals surface area contributed by atoms with E-state index in [2.05, 4.69) is 15.9 Å². The van der Waals surface area contributed by atoms with E-state index in [0.29, 0.717) is 12.5 Å². The van der Waals surface area contributed by atoms with Crippen molar-refractivity contribution >= 4 is 38.9 Å². The summed E-state index contributed by atoms with van der Waals surface area (Å²) >= 11 is 10.7. The SMILES string of the molecule is ClCC1COC(c2cscc2Br)O1. The summed E-state index contributed by atoms with van der Waals surface area (Å²) in [5.41, 5.74) is 1.05. The summed E-state index contributed by atoms with van der Waals surface area (Å²) in [5.74, 6) is 0.484. The number of hydrogen-bond acceptors (Lipinski definition) is 3. The smallest absolute Gasteiger partial charge is 0.186 e. The van der Waals surface area contributed by atoms with Crippen LogP contribution in [0.1, 0.15) is 11.9 Å². The Labute approximate surface area is 93.9 Å². The average Bonchev–Trinajstić information content (AvgIpc) is 2.71. The molecule has 2 unspecified atom stereocenters. The monoisotopic (exact) mass is 282 g/mol. The highest BCUT2D eigenvalue weighted by molar-refractivity contribution is 9.10. The fraction of sp³-hybridized carbons (Fsp3) is 0.500. The zero-order chi connectivity index (χ0) is 9.26. The Balaban J connectivity index is 2.08. The third-order valence-electron chi connectivity index (χ3n) is 1.82. The quantitative estimate of drug-likeness (QED) is 0.776. The van der Waals surface area contributed by atoms with Gasteiger partial charge in [0.15, 0.2) is 6.29 Å². The van der Waals surface area contributed by atoms with E-state index < -0.39 is 0 Å². The third kappa shape index (κ3) is 2.07. The Morgan fingerprint density at radius 1 is 1.62 bits per heavy atom. The van der Waals surface area contributed by atoms with Gasteiger partial charge < -0.3 is 9.47 Å². The first kappa shape index (κ1) is 9.93. The minimum atomic E-state index is -0.246. The molecule has 1 aromatic rings. The maximum Gasteiger partial charge on any atom is 0.186 e. The summed E-state index contributed by atoms with van der Waals surface area (Å²) in [6.07, 6.45) is -0.220. The van der Waals surface area contributed by atoms with E-state index in [1.165, 1.54) is 0 Å². The van der Waals surface area contributed by atoms with Crippen LogP contribution in [0.15, 0.2) is 15.2 Å². The van der Waals surface area contributed by atoms with Crippen molar-refractivity contribution in [3.05, 3.63) is 20.8 Å². The van der Waals surface area contributed by atoms with Crippen LogP contribution in [-0.4, -0.2) is 18.6 Å². The van der Waals surface area contributed by atoms with Crippen molar-refractivity contribution in [3.63, 3.8) is 0 Å². The summed E-state index contributed by atoms with van der Waals surface area (Å²) < 4.78 is 12.0. The molecule has 2 atom stereocenters. The molecular formula is C8H8BrClO2S. The predicted molar refractivity (Wildman–Crippen MR) is 56.3 cm³/mol. The van der Waals surface area contributed by atoms with Gasteiger partial charge in [-0.2, -0.15) is 11.3 Å². The Morgan fingerprint density at radius 3 is 3.00 bits per heavy atom. The van der Waals surface area contributed by atoms with Gasteiger partial charge in [0, 0.05) is 20.8 Å². The molecule has 2 nitrogen and oxygen atoms in total. The maximum absolute atomic E-state index is 5.66. The lowest BCUT2D eigenvalue weighted by Crippen LogP contribution is -2.10. The molecule has 0 aromatic carbocycles. The summed E-state index contributed by atoms with van der Waals surface area (Å²) in [4.78, 5) is 0. The van der Waals surface area contributed by atoms with Crippen LogP contribution in [-0.2, 0) is 9.47 Å². The molecule has 5 heteroatoms. The first-order valence-electron chi connectivity index (χ1n) is 3.86. The van der Waals surface area contributed by atoms with E-state index >= 15 is 0 Å². The number of halogens is 2. The molecule has 1 fully saturated rings. The Kier molecular flexibility index (Phi) is 3.26. The van der Waals surface area contributed by atoms with E-state index in [4.69, 9.17) is 21.1 Å². The molecule has 0 amide bonds. The van der Waals surface area contributed by atoms with E-state index in [9.17, 15) is 0 Å². The predicted octanol–water partition coefficient (Wildman–Crippen LogP) is 3.16. The van der Waals surface area contributed by atoms with Gasteiger partial charge in [0.05, 0.1) is 18.6 Å². The van der Waals surface area contributed by atoms with Crippen LogP contribution < -0.4 is 0 Å². The third-order valence-corrected chi connectivity index (χ3v) is 3.91. The number of hydrogen-bond donors (Lipinski definition) is 0. The van der Waals surface area contributed by atoms with Crippen LogP contribution in [0, 0.1) is 0 Å². The molecule has 0 radical (unpaired) electrons. The van der Waals surface area contributed by atoms with Gasteiger partial charge in [-0.05, 0) is 15.9 Å². The van der Waals surface area contributed by atoms with Gasteiger partial charge in [-0.15, -0.1) is 11.6 Å². The summed E-state index contributed by atoms with van der Waals surface area (Å²) in [5, 5.41) is 4.03. The highest BCUT2D eigenvalue weighted by Crippen LogP contribution is 2.34. The van der Waals surface area contributed by atoms with E-state index in [0.717, 1.165) is 10.0 Å². The van der Waals surface area contributed by atoms with Crippen LogP contribution >= 0.6 is 38.9 Å². The highest BCUT2D eigenvalue weighted by Gasteiger charge is 2.28. The molecule has 0 aliphatic carbocycles. The molecule has 1 aliphatic heterocycles. The minimum Gasteiger partial charge on any atom is -0.346 e. The maximum atomic E-state index is 5.66. The fourth-order valence-corrected chi connectivity index (χ4v) is 2.80. The molecule has 13 heavy (non-hydrogen) atoms. The molecule has 0 bridgehead atoms. The van der Waals surface area contributed by atoms with Crippen molar-refractivity contribution in [1.82, 2.24) is 0 Å². The van der Waals surface area contributed by atoms with Crippen molar-refractivity contribution < 1.29 is 9.47 Å². The lowest BCUT2D eigenvalue weighted by Gasteiger charge is -2.08. The van der Waals surface area contributed by atoms with Crippen molar-refractivity contribution in [3.8, 4) is 0 Å². The summed E-state index contributed by atoms with van der Waals surface area (Å²) in [7, 11) is 0. The molecule has 72 valence electrons. The molecule has 0 saturated carbocycles. The second-order valence-electron chi connectivity index (χ2n) is 2.75. The first-order valence-corrected chi connectivity index (χ1v) is 6.13. The molecule has 0 spiro atoms. The minimum absolute atomic E-state index is 0.0264. The van der Waals surface area contributed by atoms with Crippen LogP contribution in [0.4, 0.5) is 0 Å². The van der Waals surface area contributed by atoms with E-state index in [-0.39, 0.29) is 12.4 Å². The largest absolute Gasteiger partial charge is 0.346 e.